The number of esters is 2. The lowest BCUT2D eigenvalue weighted by atomic mass is 10.0. The van der Waals surface area contributed by atoms with E-state index in [4.69, 9.17) is 18.5 Å². The molecule has 0 spiro atoms. The van der Waals surface area contributed by atoms with Gasteiger partial charge in [0.25, 0.3) is 7.82 Å². The molecule has 0 amide bonds. The third kappa shape index (κ3) is 87.2. The van der Waals surface area contributed by atoms with Crippen molar-refractivity contribution in [1.82, 2.24) is 0 Å². The van der Waals surface area contributed by atoms with E-state index >= 15 is 0 Å². The van der Waals surface area contributed by atoms with Gasteiger partial charge in [-0.3, -0.25) is 14.2 Å². The van der Waals surface area contributed by atoms with Gasteiger partial charge in [-0.2, -0.15) is 0 Å². The Morgan fingerprint density at radius 3 is 0.755 bits per heavy atom. The van der Waals surface area contributed by atoms with Crippen molar-refractivity contribution < 1.29 is 42.1 Å². The lowest BCUT2D eigenvalue weighted by molar-refractivity contribution is -0.870. The number of carbonyl (C=O) groups is 2. The summed E-state index contributed by atoms with van der Waals surface area (Å²) >= 11 is 0. The molecule has 0 aromatic carbocycles. The molecule has 0 fully saturated rings. The number of phosphoric acid groups is 1. The zero-order valence-electron chi connectivity index (χ0n) is 68.3. The van der Waals surface area contributed by atoms with Gasteiger partial charge in [0.2, 0.25) is 0 Å². The van der Waals surface area contributed by atoms with Gasteiger partial charge in [0, 0.05) is 12.8 Å². The summed E-state index contributed by atoms with van der Waals surface area (Å²) in [5.74, 6) is -0.866. The Morgan fingerprint density at radius 1 is 0.292 bits per heavy atom. The number of carbonyl (C=O) groups excluding carboxylic acids is 2. The minimum atomic E-state index is -4.67. The summed E-state index contributed by atoms with van der Waals surface area (Å²) in [7, 11) is 1.13. The molecule has 0 aliphatic rings. The molecule has 598 valence electrons. The van der Waals surface area contributed by atoms with Gasteiger partial charge in [-0.1, -0.05) is 374 Å². The molecule has 0 N–H and O–H groups in total. The van der Waals surface area contributed by atoms with Gasteiger partial charge in [-0.05, 0) is 154 Å². The van der Waals surface area contributed by atoms with Crippen LogP contribution in [0.5, 0.6) is 0 Å². The Morgan fingerprint density at radius 2 is 0.509 bits per heavy atom. The fourth-order valence-corrected chi connectivity index (χ4v) is 11.8. The maximum atomic E-state index is 12.9. The van der Waals surface area contributed by atoms with Crippen LogP contribution in [0.3, 0.4) is 0 Å². The second-order valence-electron chi connectivity index (χ2n) is 28.7. The van der Waals surface area contributed by atoms with Crippen molar-refractivity contribution in [3.05, 3.63) is 219 Å². The molecule has 0 aromatic rings. The van der Waals surface area contributed by atoms with Crippen LogP contribution in [0.1, 0.15) is 322 Å². The number of phosphoric ester groups is 1. The van der Waals surface area contributed by atoms with Gasteiger partial charge < -0.3 is 27.9 Å². The molecule has 0 saturated heterocycles. The molecule has 2 atom stereocenters. The quantitative estimate of drug-likeness (QED) is 0.0195. The smallest absolute Gasteiger partial charge is 0.306 e. The van der Waals surface area contributed by atoms with E-state index in [0.29, 0.717) is 17.4 Å². The maximum absolute atomic E-state index is 12.9. The molecule has 0 aromatic heterocycles. The zero-order chi connectivity index (χ0) is 76.8. The van der Waals surface area contributed by atoms with Gasteiger partial charge in [0.15, 0.2) is 6.10 Å². The molecule has 0 bridgehead atoms. The number of unbranched alkanes of at least 4 members (excludes halogenated alkanes) is 26. The SMILES string of the molecule is CC/C=C\C/C=C\C/C=C\C/C=C\C/C=C\C/C=C\C/C=C\C/C=C\C/C=C\C/C=C\C/C=C\C/C=C\CCCCCCC(=O)OC(COC(=O)CCCCCCCCCCCCCCCCCCCCCCCC/C=C\C/C=C\C/C=C\C/C=C\C/C=C\C/C=C\CC)COP(=O)([O-])OCC[N+](C)(C)C. The van der Waals surface area contributed by atoms with Crippen molar-refractivity contribution in [1.29, 1.82) is 0 Å². The highest BCUT2D eigenvalue weighted by Crippen LogP contribution is 2.38. The summed E-state index contributed by atoms with van der Waals surface area (Å²) in [6.07, 6.45) is 132. The second kappa shape index (κ2) is 83.4. The number of likely N-dealkylation sites (N-methyl/N-ethyl adjacent to an activating group) is 1. The predicted molar refractivity (Wildman–Crippen MR) is 461 cm³/mol. The van der Waals surface area contributed by atoms with E-state index in [0.717, 1.165) is 161 Å². The highest BCUT2D eigenvalue weighted by molar-refractivity contribution is 7.45. The molecule has 0 saturated carbocycles. The molecule has 9 nitrogen and oxygen atoms in total. The molecule has 106 heavy (non-hydrogen) atoms. The van der Waals surface area contributed by atoms with Crippen LogP contribution in [0.25, 0.3) is 0 Å². The van der Waals surface area contributed by atoms with Gasteiger partial charge in [-0.25, -0.2) is 0 Å². The van der Waals surface area contributed by atoms with Gasteiger partial charge in [-0.15, -0.1) is 0 Å². The third-order valence-corrected chi connectivity index (χ3v) is 18.5. The molecule has 0 heterocycles. The average Bonchev–Trinajstić information content (AvgIpc) is 0.908. The number of ether oxygens (including phenoxy) is 2. The molecular weight excluding hydrogens is 1330 g/mol. The fraction of sp³-hybridized carbons (Fsp3) is 0.604. The molecule has 10 heteroatoms. The molecule has 0 radical (unpaired) electrons. The summed E-state index contributed by atoms with van der Waals surface area (Å²) in [6, 6.07) is 0. The Balaban J connectivity index is 4.05. The number of quaternary nitrogens is 1. The minimum absolute atomic E-state index is 0.0451. The zero-order valence-corrected chi connectivity index (χ0v) is 69.2. The van der Waals surface area contributed by atoms with Gasteiger partial charge >= 0.3 is 11.9 Å². The van der Waals surface area contributed by atoms with Gasteiger partial charge in [0.05, 0.1) is 27.7 Å². The lowest BCUT2D eigenvalue weighted by Gasteiger charge is -2.28. The summed E-state index contributed by atoms with van der Waals surface area (Å²) in [4.78, 5) is 38.2. The number of hydrogen-bond acceptors (Lipinski definition) is 8. The summed E-state index contributed by atoms with van der Waals surface area (Å²) in [5, 5.41) is 0. The standard InChI is InChI=1S/C96H156NO8P/c1-6-8-10-12-14-16-18-20-22-24-26-28-30-32-34-36-38-40-42-44-46-48-50-52-54-56-58-60-62-64-66-68-70-72-74-76-78-80-82-84-86-88-95(98)102-92-94(93-104-106(100,101)103-91-90-97(3,4)5)105-96(99)89-87-85-83-81-79-77-75-73-71-69-67-65-63-61-59-57-55-53-51-49-47-45-43-41-39-37-35-33-31-29-27-25-23-21-19-17-15-13-11-9-7-2/h8-11,14-17,20-23,26-29,32-35,38-41,45,47,51,53,57,59,63,65,69,71,75,77,94H,6-7,12-13,18-19,24-25,30-31,36-37,42-44,46,48-50,52,54-56,58,60-62,64,66-68,70,72-74,76,78-93H2,1-5H3/b10-8-,11-9-,16-14-,17-15-,22-20-,23-21-,28-26-,29-27-,34-32-,35-33-,40-38-,41-39-,47-45-,53-51-,59-57-,65-63-,71-69-,77-75-. The van der Waals surface area contributed by atoms with E-state index in [9.17, 15) is 19.0 Å². The molecule has 0 aliphatic carbocycles. The van der Waals surface area contributed by atoms with Crippen LogP contribution in [0.15, 0.2) is 219 Å². The van der Waals surface area contributed by atoms with E-state index in [2.05, 4.69) is 233 Å². The first-order valence-corrected chi connectivity index (χ1v) is 43.9. The Bertz CT molecular complexity index is 2610. The molecule has 0 rings (SSSR count). The first-order chi connectivity index (χ1) is 52.0. The predicted octanol–water partition coefficient (Wildman–Crippen LogP) is 28.4. The molecule has 0 aliphatic heterocycles. The highest BCUT2D eigenvalue weighted by atomic mass is 31.2. The van der Waals surface area contributed by atoms with Crippen molar-refractivity contribution in [3.63, 3.8) is 0 Å². The maximum Gasteiger partial charge on any atom is 0.306 e. The van der Waals surface area contributed by atoms with Crippen molar-refractivity contribution in [2.24, 2.45) is 0 Å². The van der Waals surface area contributed by atoms with E-state index < -0.39 is 32.5 Å². The molecule has 2 unspecified atom stereocenters. The van der Waals surface area contributed by atoms with E-state index in [1.54, 1.807) is 0 Å². The third-order valence-electron chi connectivity index (χ3n) is 17.5. The minimum Gasteiger partial charge on any atom is -0.756 e. The summed E-state index contributed by atoms with van der Waals surface area (Å²) < 4.78 is 34.4. The number of hydrogen-bond donors (Lipinski definition) is 0. The van der Waals surface area contributed by atoms with Crippen LogP contribution >= 0.6 is 7.82 Å². The molecular formula is C96H156NO8P. The van der Waals surface area contributed by atoms with Crippen LogP contribution in [-0.4, -0.2) is 70.0 Å². The van der Waals surface area contributed by atoms with Crippen molar-refractivity contribution in [2.75, 3.05) is 47.5 Å². The van der Waals surface area contributed by atoms with Crippen LogP contribution in [0.4, 0.5) is 0 Å². The van der Waals surface area contributed by atoms with Crippen molar-refractivity contribution >= 4 is 19.8 Å². The van der Waals surface area contributed by atoms with Crippen LogP contribution in [0, 0.1) is 0 Å². The highest BCUT2D eigenvalue weighted by Gasteiger charge is 2.22. The van der Waals surface area contributed by atoms with E-state index in [-0.39, 0.29) is 26.1 Å². The Labute approximate surface area is 652 Å². The van der Waals surface area contributed by atoms with Gasteiger partial charge in [0.1, 0.15) is 19.8 Å². The fourth-order valence-electron chi connectivity index (χ4n) is 11.1. The first-order valence-electron chi connectivity index (χ1n) is 42.4. The van der Waals surface area contributed by atoms with Crippen molar-refractivity contribution in [3.8, 4) is 0 Å². The largest absolute Gasteiger partial charge is 0.756 e. The summed E-state index contributed by atoms with van der Waals surface area (Å²) in [6.45, 7) is 3.98. The lowest BCUT2D eigenvalue weighted by Crippen LogP contribution is -2.37. The second-order valence-corrected chi connectivity index (χ2v) is 30.1. The Hall–Kier alpha value is -5.67. The Kier molecular flexibility index (Phi) is 78.9. The van der Waals surface area contributed by atoms with E-state index in [1.807, 2.05) is 21.1 Å². The van der Waals surface area contributed by atoms with Crippen LogP contribution in [-0.2, 0) is 32.7 Å². The monoisotopic (exact) mass is 1480 g/mol. The van der Waals surface area contributed by atoms with Crippen LogP contribution < -0.4 is 4.89 Å². The number of rotatable bonds is 76. The topological polar surface area (TPSA) is 111 Å². The normalized spacial score (nSPS) is 14.1. The van der Waals surface area contributed by atoms with Crippen molar-refractivity contribution in [2.45, 2.75) is 328 Å². The number of nitrogens with zero attached hydrogens (tertiary/aromatic N) is 1. The van der Waals surface area contributed by atoms with Crippen LogP contribution in [0.2, 0.25) is 0 Å². The first kappa shape index (κ1) is 100. The van der Waals surface area contributed by atoms with E-state index in [1.165, 1.54) is 128 Å². The average molecular weight is 1480 g/mol. The number of allylic oxidation sites excluding steroid dienone is 36. The summed E-state index contributed by atoms with van der Waals surface area (Å²) in [5.41, 5.74) is 0.